The Labute approximate surface area is 150 Å². The molecule has 126 valence electrons. The molecule has 2 N–H and O–H groups in total. The van der Waals surface area contributed by atoms with Crippen LogP contribution in [0.4, 0.5) is 5.69 Å². The molecule has 0 saturated carbocycles. The first-order valence-corrected chi connectivity index (χ1v) is 9.03. The number of piperazine rings is 1. The molecule has 0 aliphatic carbocycles. The van der Waals surface area contributed by atoms with Crippen molar-refractivity contribution in [1.29, 1.82) is 0 Å². The number of thiocarbonyl (C=S) groups is 1. The van der Waals surface area contributed by atoms with Crippen molar-refractivity contribution in [2.45, 2.75) is 20.4 Å². The molecule has 1 fully saturated rings. The Balaban J connectivity index is 1.51. The quantitative estimate of drug-likeness (QED) is 0.837. The van der Waals surface area contributed by atoms with Gasteiger partial charge in [0.2, 0.25) is 0 Å². The predicted molar refractivity (Wildman–Crippen MR) is 105 cm³/mol. The van der Waals surface area contributed by atoms with Gasteiger partial charge in [-0.25, -0.2) is 0 Å². The van der Waals surface area contributed by atoms with E-state index < -0.39 is 0 Å². The highest BCUT2D eigenvalue weighted by atomic mass is 32.1. The number of nitrogens with zero attached hydrogens (tertiary/aromatic N) is 1. The van der Waals surface area contributed by atoms with Crippen LogP contribution in [0, 0.1) is 13.8 Å². The summed E-state index contributed by atoms with van der Waals surface area (Å²) in [4.78, 5) is 3.93. The number of quaternary nitrogens is 1. The zero-order chi connectivity index (χ0) is 16.9. The molecule has 1 saturated heterocycles. The van der Waals surface area contributed by atoms with Gasteiger partial charge in [0, 0.05) is 11.3 Å². The van der Waals surface area contributed by atoms with E-state index in [4.69, 9.17) is 12.2 Å². The summed E-state index contributed by atoms with van der Waals surface area (Å²) in [5.41, 5.74) is 5.11. The van der Waals surface area contributed by atoms with Crippen LogP contribution in [-0.4, -0.2) is 36.2 Å². The minimum Gasteiger partial charge on any atom is -0.338 e. The summed E-state index contributed by atoms with van der Waals surface area (Å²) < 4.78 is 0. The highest BCUT2D eigenvalue weighted by Crippen LogP contribution is 2.14. The van der Waals surface area contributed by atoms with Crippen LogP contribution in [0.5, 0.6) is 0 Å². The van der Waals surface area contributed by atoms with Gasteiger partial charge in [0.25, 0.3) is 0 Å². The SMILES string of the molecule is Cc1cccc(C[NH+]2CCN(C(=S)Nc3ccccc3C)CC2)c1. The van der Waals surface area contributed by atoms with Crippen LogP contribution in [0.3, 0.4) is 0 Å². The molecular formula is C20H26N3S+. The van der Waals surface area contributed by atoms with Gasteiger partial charge in [-0.2, -0.15) is 0 Å². The molecular weight excluding hydrogens is 314 g/mol. The fourth-order valence-corrected chi connectivity index (χ4v) is 3.51. The van der Waals surface area contributed by atoms with Crippen LogP contribution in [0.25, 0.3) is 0 Å². The Bertz CT molecular complexity index is 706. The second-order valence-corrected chi connectivity index (χ2v) is 7.03. The minimum absolute atomic E-state index is 0.846. The summed E-state index contributed by atoms with van der Waals surface area (Å²) in [5, 5.41) is 4.25. The maximum atomic E-state index is 5.61. The molecule has 0 spiro atoms. The van der Waals surface area contributed by atoms with E-state index in [2.05, 4.69) is 66.5 Å². The van der Waals surface area contributed by atoms with Crippen molar-refractivity contribution in [2.24, 2.45) is 0 Å². The van der Waals surface area contributed by atoms with E-state index in [1.165, 1.54) is 16.7 Å². The van der Waals surface area contributed by atoms with Gasteiger partial charge in [0.05, 0.1) is 26.2 Å². The molecule has 24 heavy (non-hydrogen) atoms. The Morgan fingerprint density at radius 2 is 1.83 bits per heavy atom. The summed E-state index contributed by atoms with van der Waals surface area (Å²) in [6.45, 7) is 9.65. The van der Waals surface area contributed by atoms with E-state index >= 15 is 0 Å². The van der Waals surface area contributed by atoms with Gasteiger partial charge in [0.1, 0.15) is 6.54 Å². The third-order valence-electron chi connectivity index (χ3n) is 4.68. The molecule has 4 heteroatoms. The number of anilines is 1. The molecule has 0 amide bonds. The first-order chi connectivity index (χ1) is 11.6. The molecule has 1 aliphatic heterocycles. The lowest BCUT2D eigenvalue weighted by Gasteiger charge is -2.34. The topological polar surface area (TPSA) is 19.7 Å². The number of para-hydroxylation sites is 1. The fraction of sp³-hybridized carbons (Fsp3) is 0.350. The van der Waals surface area contributed by atoms with Crippen molar-refractivity contribution in [1.82, 2.24) is 4.90 Å². The van der Waals surface area contributed by atoms with E-state index in [1.807, 2.05) is 6.07 Å². The zero-order valence-corrected chi connectivity index (χ0v) is 15.3. The second kappa shape index (κ2) is 7.77. The van der Waals surface area contributed by atoms with E-state index in [9.17, 15) is 0 Å². The lowest BCUT2D eigenvalue weighted by Crippen LogP contribution is -3.13. The van der Waals surface area contributed by atoms with Crippen LogP contribution >= 0.6 is 12.2 Å². The van der Waals surface area contributed by atoms with Gasteiger partial charge < -0.3 is 15.1 Å². The van der Waals surface area contributed by atoms with E-state index in [0.717, 1.165) is 43.5 Å². The average molecular weight is 341 g/mol. The predicted octanol–water partition coefficient (Wildman–Crippen LogP) is 2.40. The molecule has 0 bridgehead atoms. The number of benzene rings is 2. The molecule has 0 aromatic heterocycles. The molecule has 0 atom stereocenters. The van der Waals surface area contributed by atoms with Crippen LogP contribution in [0.1, 0.15) is 16.7 Å². The molecule has 3 rings (SSSR count). The van der Waals surface area contributed by atoms with Crippen molar-refractivity contribution in [3.8, 4) is 0 Å². The molecule has 2 aromatic carbocycles. The first kappa shape index (κ1) is 16.9. The fourth-order valence-electron chi connectivity index (χ4n) is 3.22. The highest BCUT2D eigenvalue weighted by molar-refractivity contribution is 7.80. The Morgan fingerprint density at radius 3 is 2.54 bits per heavy atom. The lowest BCUT2D eigenvalue weighted by atomic mass is 10.1. The van der Waals surface area contributed by atoms with Gasteiger partial charge in [-0.05, 0) is 37.7 Å². The highest BCUT2D eigenvalue weighted by Gasteiger charge is 2.22. The average Bonchev–Trinajstić information content (AvgIpc) is 2.57. The number of nitrogens with one attached hydrogen (secondary N) is 2. The van der Waals surface area contributed by atoms with Crippen LogP contribution in [-0.2, 0) is 6.54 Å². The largest absolute Gasteiger partial charge is 0.338 e. The van der Waals surface area contributed by atoms with Gasteiger partial charge in [0.15, 0.2) is 5.11 Å². The smallest absolute Gasteiger partial charge is 0.173 e. The number of hydrogen-bond acceptors (Lipinski definition) is 1. The van der Waals surface area contributed by atoms with Gasteiger partial charge in [-0.3, -0.25) is 0 Å². The maximum absolute atomic E-state index is 5.61. The molecule has 0 unspecified atom stereocenters. The summed E-state index contributed by atoms with van der Waals surface area (Å²) in [6.07, 6.45) is 0. The zero-order valence-electron chi connectivity index (χ0n) is 14.5. The normalized spacial score (nSPS) is 15.3. The molecule has 0 radical (unpaired) electrons. The summed E-state index contributed by atoms with van der Waals surface area (Å²) in [6, 6.07) is 17.1. The maximum Gasteiger partial charge on any atom is 0.173 e. The van der Waals surface area contributed by atoms with Gasteiger partial charge in [-0.1, -0.05) is 48.0 Å². The Hall–Kier alpha value is -1.91. The lowest BCUT2D eigenvalue weighted by molar-refractivity contribution is -0.917. The second-order valence-electron chi connectivity index (χ2n) is 6.65. The Kier molecular flexibility index (Phi) is 5.48. The first-order valence-electron chi connectivity index (χ1n) is 8.62. The summed E-state index contributed by atoms with van der Waals surface area (Å²) in [7, 11) is 0. The van der Waals surface area contributed by atoms with E-state index in [1.54, 1.807) is 4.90 Å². The monoisotopic (exact) mass is 340 g/mol. The van der Waals surface area contributed by atoms with Crippen LogP contribution < -0.4 is 10.2 Å². The van der Waals surface area contributed by atoms with Crippen molar-refractivity contribution >= 4 is 23.0 Å². The van der Waals surface area contributed by atoms with Crippen molar-refractivity contribution < 1.29 is 4.90 Å². The number of rotatable bonds is 3. The number of aryl methyl sites for hydroxylation is 2. The van der Waals surface area contributed by atoms with Crippen molar-refractivity contribution in [3.63, 3.8) is 0 Å². The Morgan fingerprint density at radius 1 is 1.08 bits per heavy atom. The van der Waals surface area contributed by atoms with Crippen LogP contribution in [0.15, 0.2) is 48.5 Å². The van der Waals surface area contributed by atoms with Crippen LogP contribution in [0.2, 0.25) is 0 Å². The summed E-state index contributed by atoms with van der Waals surface area (Å²) in [5.74, 6) is 0. The molecule has 2 aromatic rings. The van der Waals surface area contributed by atoms with Crippen molar-refractivity contribution in [2.75, 3.05) is 31.5 Å². The van der Waals surface area contributed by atoms with E-state index in [0.29, 0.717) is 0 Å². The molecule has 1 aliphatic rings. The summed E-state index contributed by atoms with van der Waals surface area (Å²) >= 11 is 5.61. The third-order valence-corrected chi connectivity index (χ3v) is 5.04. The minimum atomic E-state index is 0.846. The van der Waals surface area contributed by atoms with Crippen molar-refractivity contribution in [3.05, 3.63) is 65.2 Å². The third kappa shape index (κ3) is 4.34. The van der Waals surface area contributed by atoms with Gasteiger partial charge >= 0.3 is 0 Å². The van der Waals surface area contributed by atoms with Gasteiger partial charge in [-0.15, -0.1) is 0 Å². The molecule has 1 heterocycles. The molecule has 3 nitrogen and oxygen atoms in total. The van der Waals surface area contributed by atoms with E-state index in [-0.39, 0.29) is 0 Å². The number of hydrogen-bond donors (Lipinski definition) is 2. The standard InChI is InChI=1S/C20H25N3S/c1-16-6-5-8-18(14-16)15-22-10-12-23(13-11-22)20(24)21-19-9-4-3-7-17(19)2/h3-9,14H,10-13,15H2,1-2H3,(H,21,24)/p+1.